The molecule has 2 atom stereocenters. The van der Waals surface area contributed by atoms with E-state index in [1.165, 1.54) is 30.8 Å². The van der Waals surface area contributed by atoms with E-state index in [4.69, 9.17) is 14.2 Å². The van der Waals surface area contributed by atoms with Gasteiger partial charge in [-0.15, -0.1) is 0 Å². The molecule has 2 saturated heterocycles. The molecule has 0 bridgehead atoms. The van der Waals surface area contributed by atoms with Gasteiger partial charge in [0.25, 0.3) is 0 Å². The van der Waals surface area contributed by atoms with Crippen molar-refractivity contribution >= 4 is 11.8 Å². The van der Waals surface area contributed by atoms with Crippen molar-refractivity contribution < 1.29 is 14.2 Å². The summed E-state index contributed by atoms with van der Waals surface area (Å²) in [6.07, 6.45) is 4.79. The Morgan fingerprint density at radius 1 is 1.33 bits per heavy atom. The van der Waals surface area contributed by atoms with Crippen molar-refractivity contribution in [3.05, 3.63) is 0 Å². The van der Waals surface area contributed by atoms with Crippen LogP contribution in [0.1, 0.15) is 32.6 Å². The largest absolute Gasteiger partial charge is 0.382 e. The second kappa shape index (κ2) is 9.36. The summed E-state index contributed by atoms with van der Waals surface area (Å²) in [5.41, 5.74) is 0.161. The normalized spacial score (nSPS) is 26.9. The second-order valence-corrected chi connectivity index (χ2v) is 7.35. The Balaban J connectivity index is 1.85. The molecule has 5 heteroatoms. The molecular weight excluding hydrogens is 286 g/mol. The summed E-state index contributed by atoms with van der Waals surface area (Å²) in [6.45, 7) is 6.23. The van der Waals surface area contributed by atoms with Crippen molar-refractivity contribution in [2.45, 2.75) is 44.2 Å². The fraction of sp³-hybridized carbons (Fsp3) is 1.00. The molecule has 4 nitrogen and oxygen atoms in total. The average Bonchev–Trinajstić information content (AvgIpc) is 2.51. The highest BCUT2D eigenvalue weighted by Crippen LogP contribution is 2.40. The maximum absolute atomic E-state index is 6.21. The van der Waals surface area contributed by atoms with E-state index >= 15 is 0 Å². The summed E-state index contributed by atoms with van der Waals surface area (Å²) in [6, 6.07) is 0.446. The van der Waals surface area contributed by atoms with E-state index < -0.39 is 0 Å². The van der Waals surface area contributed by atoms with E-state index in [9.17, 15) is 0 Å². The Hall–Kier alpha value is 0.190. The predicted octanol–water partition coefficient (Wildman–Crippen LogP) is 2.32. The number of methoxy groups -OCH3 is 1. The topological polar surface area (TPSA) is 39.7 Å². The predicted molar refractivity (Wildman–Crippen MR) is 88.1 cm³/mol. The van der Waals surface area contributed by atoms with Crippen LogP contribution in [0.5, 0.6) is 0 Å². The standard InChI is InChI=1S/C16H31NO3S/c1-3-17-15(13-19-9-8-18-2)14-4-7-20-16(12-14)5-10-21-11-6-16/h14-15,17H,3-13H2,1-2H3. The third-order valence-electron chi connectivity index (χ3n) is 4.70. The van der Waals surface area contributed by atoms with Crippen LogP contribution in [0.25, 0.3) is 0 Å². The van der Waals surface area contributed by atoms with Crippen LogP contribution in [0.3, 0.4) is 0 Å². The number of hydrogen-bond donors (Lipinski definition) is 1. The minimum atomic E-state index is 0.161. The van der Waals surface area contributed by atoms with Crippen LogP contribution in [0.15, 0.2) is 0 Å². The average molecular weight is 317 g/mol. The van der Waals surface area contributed by atoms with Crippen molar-refractivity contribution in [1.82, 2.24) is 5.32 Å². The molecule has 0 amide bonds. The van der Waals surface area contributed by atoms with Gasteiger partial charge in [-0.25, -0.2) is 0 Å². The molecule has 124 valence electrons. The van der Waals surface area contributed by atoms with E-state index in [2.05, 4.69) is 24.0 Å². The number of nitrogens with one attached hydrogen (secondary N) is 1. The van der Waals surface area contributed by atoms with Gasteiger partial charge in [0.2, 0.25) is 0 Å². The fourth-order valence-electron chi connectivity index (χ4n) is 3.48. The van der Waals surface area contributed by atoms with Gasteiger partial charge in [-0.05, 0) is 49.7 Å². The van der Waals surface area contributed by atoms with E-state index in [1.807, 2.05) is 0 Å². The van der Waals surface area contributed by atoms with Crippen molar-refractivity contribution in [3.8, 4) is 0 Å². The third kappa shape index (κ3) is 5.39. The van der Waals surface area contributed by atoms with Gasteiger partial charge in [0.05, 0.1) is 25.4 Å². The lowest BCUT2D eigenvalue weighted by molar-refractivity contribution is -0.111. The van der Waals surface area contributed by atoms with E-state index in [0.29, 0.717) is 25.2 Å². The highest BCUT2D eigenvalue weighted by Gasteiger charge is 2.40. The van der Waals surface area contributed by atoms with Gasteiger partial charge in [-0.2, -0.15) is 11.8 Å². The van der Waals surface area contributed by atoms with Gasteiger partial charge >= 0.3 is 0 Å². The van der Waals surface area contributed by atoms with Crippen molar-refractivity contribution in [2.24, 2.45) is 5.92 Å². The minimum absolute atomic E-state index is 0.161. The number of likely N-dealkylation sites (N-methyl/N-ethyl adjacent to an activating group) is 1. The van der Waals surface area contributed by atoms with E-state index in [-0.39, 0.29) is 5.60 Å². The molecule has 2 fully saturated rings. The first-order valence-corrected chi connectivity index (χ1v) is 9.47. The Morgan fingerprint density at radius 2 is 2.14 bits per heavy atom. The van der Waals surface area contributed by atoms with Crippen LogP contribution in [-0.2, 0) is 14.2 Å². The van der Waals surface area contributed by atoms with Crippen LogP contribution in [-0.4, -0.2) is 63.2 Å². The zero-order valence-electron chi connectivity index (χ0n) is 13.6. The number of ether oxygens (including phenoxy) is 3. The SMILES string of the molecule is CCNC(COCCOC)C1CCOC2(CCSCC2)C1. The van der Waals surface area contributed by atoms with Gasteiger partial charge in [-0.1, -0.05) is 6.92 Å². The van der Waals surface area contributed by atoms with E-state index in [1.54, 1.807) is 7.11 Å². The maximum Gasteiger partial charge on any atom is 0.0701 e. The summed E-state index contributed by atoms with van der Waals surface area (Å²) >= 11 is 2.07. The highest BCUT2D eigenvalue weighted by molar-refractivity contribution is 7.99. The smallest absolute Gasteiger partial charge is 0.0701 e. The van der Waals surface area contributed by atoms with Gasteiger partial charge in [0.1, 0.15) is 0 Å². The summed E-state index contributed by atoms with van der Waals surface area (Å²) in [5, 5.41) is 3.62. The van der Waals surface area contributed by atoms with Crippen LogP contribution >= 0.6 is 11.8 Å². The third-order valence-corrected chi connectivity index (χ3v) is 5.69. The van der Waals surface area contributed by atoms with Crippen LogP contribution in [0.2, 0.25) is 0 Å². The molecule has 0 aliphatic carbocycles. The first kappa shape index (κ1) is 17.5. The zero-order valence-corrected chi connectivity index (χ0v) is 14.4. The van der Waals surface area contributed by atoms with Gasteiger partial charge in [0, 0.05) is 19.8 Å². The zero-order chi connectivity index (χ0) is 15.0. The molecule has 0 radical (unpaired) electrons. The Labute approximate surface area is 133 Å². The first-order valence-electron chi connectivity index (χ1n) is 8.31. The van der Waals surface area contributed by atoms with Gasteiger partial charge in [-0.3, -0.25) is 0 Å². The molecule has 2 unspecified atom stereocenters. The number of thioether (sulfide) groups is 1. The van der Waals surface area contributed by atoms with Crippen molar-refractivity contribution in [3.63, 3.8) is 0 Å². The minimum Gasteiger partial charge on any atom is -0.382 e. The van der Waals surface area contributed by atoms with Crippen LogP contribution < -0.4 is 5.32 Å². The molecular formula is C16H31NO3S. The van der Waals surface area contributed by atoms with Crippen molar-refractivity contribution in [2.75, 3.05) is 51.6 Å². The number of rotatable bonds is 8. The summed E-state index contributed by atoms with van der Waals surface area (Å²) in [4.78, 5) is 0. The molecule has 0 aromatic heterocycles. The van der Waals surface area contributed by atoms with Gasteiger partial charge in [0.15, 0.2) is 0 Å². The van der Waals surface area contributed by atoms with Gasteiger partial charge < -0.3 is 19.5 Å². The molecule has 2 aliphatic rings. The Kier molecular flexibility index (Phi) is 7.82. The van der Waals surface area contributed by atoms with E-state index in [0.717, 1.165) is 26.2 Å². The summed E-state index contributed by atoms with van der Waals surface area (Å²) in [5.74, 6) is 3.18. The monoisotopic (exact) mass is 317 g/mol. The molecule has 0 aromatic rings. The molecule has 0 aromatic carbocycles. The lowest BCUT2D eigenvalue weighted by Gasteiger charge is -2.45. The highest BCUT2D eigenvalue weighted by atomic mass is 32.2. The second-order valence-electron chi connectivity index (χ2n) is 6.13. The lowest BCUT2D eigenvalue weighted by atomic mass is 9.78. The molecule has 21 heavy (non-hydrogen) atoms. The molecule has 2 heterocycles. The molecule has 2 aliphatic heterocycles. The quantitative estimate of drug-likeness (QED) is 0.696. The van der Waals surface area contributed by atoms with Crippen molar-refractivity contribution in [1.29, 1.82) is 0 Å². The molecule has 1 N–H and O–H groups in total. The summed E-state index contributed by atoms with van der Waals surface area (Å²) in [7, 11) is 1.72. The lowest BCUT2D eigenvalue weighted by Crippen LogP contribution is -2.50. The number of hydrogen-bond acceptors (Lipinski definition) is 5. The first-order chi connectivity index (χ1) is 10.3. The molecule has 2 rings (SSSR count). The van der Waals surface area contributed by atoms with Crippen LogP contribution in [0.4, 0.5) is 0 Å². The Morgan fingerprint density at radius 3 is 2.86 bits per heavy atom. The van der Waals surface area contributed by atoms with Crippen LogP contribution in [0, 0.1) is 5.92 Å². The molecule has 0 saturated carbocycles. The Bertz CT molecular complexity index is 279. The molecule has 1 spiro atoms. The maximum atomic E-state index is 6.21. The summed E-state index contributed by atoms with van der Waals surface area (Å²) < 4.78 is 17.0. The fourth-order valence-corrected chi connectivity index (χ4v) is 4.71.